The van der Waals surface area contributed by atoms with Gasteiger partial charge in [0.25, 0.3) is 0 Å². The van der Waals surface area contributed by atoms with Crippen molar-refractivity contribution in [1.82, 2.24) is 4.72 Å². The van der Waals surface area contributed by atoms with Crippen molar-refractivity contribution < 1.29 is 13.5 Å². The molecule has 17 heavy (non-hydrogen) atoms. The van der Waals surface area contributed by atoms with E-state index in [0.29, 0.717) is 5.56 Å². The topological polar surface area (TPSA) is 66.4 Å². The zero-order chi connectivity index (χ0) is 12.3. The zero-order valence-electron chi connectivity index (χ0n) is 9.30. The van der Waals surface area contributed by atoms with Gasteiger partial charge in [0.05, 0.1) is 11.5 Å². The summed E-state index contributed by atoms with van der Waals surface area (Å²) in [5.41, 5.74) is 0.709. The van der Waals surface area contributed by atoms with Crippen LogP contribution in [0.3, 0.4) is 0 Å². The Hall–Kier alpha value is -0.560. The molecule has 0 aromatic heterocycles. The lowest BCUT2D eigenvalue weighted by Crippen LogP contribution is -2.34. The van der Waals surface area contributed by atoms with E-state index in [9.17, 15) is 8.42 Å². The number of hydrogen-bond acceptors (Lipinski definition) is 4. The van der Waals surface area contributed by atoms with E-state index >= 15 is 0 Å². The predicted molar refractivity (Wildman–Crippen MR) is 68.4 cm³/mol. The summed E-state index contributed by atoms with van der Waals surface area (Å²) < 4.78 is 26.7. The van der Waals surface area contributed by atoms with Crippen molar-refractivity contribution >= 4 is 21.8 Å². The molecule has 1 aromatic rings. The van der Waals surface area contributed by atoms with Crippen LogP contribution in [0.4, 0.5) is 0 Å². The van der Waals surface area contributed by atoms with Gasteiger partial charge in [0.1, 0.15) is 0 Å². The first kappa shape index (κ1) is 12.9. The van der Waals surface area contributed by atoms with Crippen LogP contribution >= 0.6 is 11.8 Å². The zero-order valence-corrected chi connectivity index (χ0v) is 10.9. The Labute approximate surface area is 105 Å². The van der Waals surface area contributed by atoms with Crippen molar-refractivity contribution in [2.75, 3.05) is 11.5 Å². The van der Waals surface area contributed by atoms with E-state index in [0.717, 1.165) is 17.9 Å². The van der Waals surface area contributed by atoms with Crippen molar-refractivity contribution in [3.05, 3.63) is 29.8 Å². The molecule has 94 valence electrons. The summed E-state index contributed by atoms with van der Waals surface area (Å²) in [6.07, 6.45) is 0.888. The molecule has 0 bridgehead atoms. The molecular formula is C11H15NO3S2. The van der Waals surface area contributed by atoms with Crippen LogP contribution in [0.15, 0.2) is 29.2 Å². The Balaban J connectivity index is 2.12. The van der Waals surface area contributed by atoms with Crippen LogP contribution in [0.5, 0.6) is 0 Å². The Kier molecular flexibility index (Phi) is 4.09. The minimum atomic E-state index is -3.41. The highest BCUT2D eigenvalue weighted by molar-refractivity contribution is 7.99. The quantitative estimate of drug-likeness (QED) is 0.857. The molecule has 2 rings (SSSR count). The highest BCUT2D eigenvalue weighted by atomic mass is 32.2. The molecule has 2 N–H and O–H groups in total. The largest absolute Gasteiger partial charge is 0.392 e. The average Bonchev–Trinajstić information content (AvgIpc) is 2.81. The van der Waals surface area contributed by atoms with E-state index in [2.05, 4.69) is 4.72 Å². The maximum absolute atomic E-state index is 12.0. The normalized spacial score (nSPS) is 20.6. The number of benzene rings is 1. The van der Waals surface area contributed by atoms with Gasteiger partial charge in [-0.3, -0.25) is 0 Å². The Morgan fingerprint density at radius 2 is 2.06 bits per heavy atom. The first-order valence-electron chi connectivity index (χ1n) is 5.42. The van der Waals surface area contributed by atoms with Crippen molar-refractivity contribution in [2.45, 2.75) is 24.0 Å². The molecule has 1 fully saturated rings. The van der Waals surface area contributed by atoms with Gasteiger partial charge in [-0.25, -0.2) is 13.1 Å². The Morgan fingerprint density at radius 1 is 1.35 bits per heavy atom. The van der Waals surface area contributed by atoms with Crippen LogP contribution in [0, 0.1) is 0 Å². The molecule has 0 radical (unpaired) electrons. The second-order valence-electron chi connectivity index (χ2n) is 3.98. The Morgan fingerprint density at radius 3 is 2.59 bits per heavy atom. The fourth-order valence-electron chi connectivity index (χ4n) is 1.69. The van der Waals surface area contributed by atoms with Crippen LogP contribution in [0.2, 0.25) is 0 Å². The van der Waals surface area contributed by atoms with Gasteiger partial charge in [0.15, 0.2) is 0 Å². The number of rotatable bonds is 4. The molecular weight excluding hydrogens is 258 g/mol. The van der Waals surface area contributed by atoms with E-state index in [4.69, 9.17) is 5.11 Å². The van der Waals surface area contributed by atoms with Crippen LogP contribution in [0.25, 0.3) is 0 Å². The monoisotopic (exact) mass is 273 g/mol. The summed E-state index contributed by atoms with van der Waals surface area (Å²) >= 11 is 1.76. The molecule has 4 nitrogen and oxygen atoms in total. The summed E-state index contributed by atoms with van der Waals surface area (Å²) in [7, 11) is -3.41. The van der Waals surface area contributed by atoms with Crippen molar-refractivity contribution in [1.29, 1.82) is 0 Å². The lowest BCUT2D eigenvalue weighted by atomic mass is 10.2. The lowest BCUT2D eigenvalue weighted by Gasteiger charge is -2.12. The van der Waals surface area contributed by atoms with Gasteiger partial charge < -0.3 is 5.11 Å². The van der Waals surface area contributed by atoms with Crippen molar-refractivity contribution in [2.24, 2.45) is 0 Å². The average molecular weight is 273 g/mol. The van der Waals surface area contributed by atoms with Crippen molar-refractivity contribution in [3.8, 4) is 0 Å². The molecule has 1 aromatic carbocycles. The minimum Gasteiger partial charge on any atom is -0.392 e. The third kappa shape index (κ3) is 3.22. The van der Waals surface area contributed by atoms with Gasteiger partial charge in [-0.15, -0.1) is 0 Å². The van der Waals surface area contributed by atoms with Crippen LogP contribution in [0.1, 0.15) is 12.0 Å². The summed E-state index contributed by atoms with van der Waals surface area (Å²) in [4.78, 5) is 0.256. The fourth-order valence-corrected chi connectivity index (χ4v) is 4.22. The summed E-state index contributed by atoms with van der Waals surface area (Å²) in [5.74, 6) is 1.85. The first-order chi connectivity index (χ1) is 8.12. The molecule has 1 aliphatic heterocycles. The van der Waals surface area contributed by atoms with Gasteiger partial charge in [-0.05, 0) is 29.9 Å². The number of aliphatic hydroxyl groups is 1. The van der Waals surface area contributed by atoms with E-state index in [-0.39, 0.29) is 17.5 Å². The molecule has 0 amide bonds. The third-order valence-corrected chi connectivity index (χ3v) is 5.37. The Bertz CT molecular complexity index is 464. The van der Waals surface area contributed by atoms with Crippen LogP contribution < -0.4 is 4.72 Å². The second kappa shape index (κ2) is 5.39. The van der Waals surface area contributed by atoms with Crippen molar-refractivity contribution in [3.63, 3.8) is 0 Å². The third-order valence-electron chi connectivity index (χ3n) is 2.67. The van der Waals surface area contributed by atoms with E-state index < -0.39 is 10.0 Å². The fraction of sp³-hybridized carbons (Fsp3) is 0.455. The van der Waals surface area contributed by atoms with E-state index in [1.165, 1.54) is 12.1 Å². The lowest BCUT2D eigenvalue weighted by molar-refractivity contribution is 0.282. The minimum absolute atomic E-state index is 0.0440. The van der Waals surface area contributed by atoms with Gasteiger partial charge in [-0.2, -0.15) is 11.8 Å². The maximum atomic E-state index is 12.0. The maximum Gasteiger partial charge on any atom is 0.240 e. The summed E-state index contributed by atoms with van der Waals surface area (Å²) in [6, 6.07) is 6.34. The first-order valence-corrected chi connectivity index (χ1v) is 8.05. The predicted octanol–water partition coefficient (Wildman–Crippen LogP) is 0.963. The number of thioether (sulfide) groups is 1. The standard InChI is InChI=1S/C11H15NO3S2/c13-7-9-1-3-11(4-2-9)17(14,15)12-10-5-6-16-8-10/h1-4,10,12-13H,5-8H2. The number of hydrogen-bond donors (Lipinski definition) is 2. The van der Waals surface area contributed by atoms with E-state index in [1.807, 2.05) is 0 Å². The molecule has 0 aliphatic carbocycles. The molecule has 0 spiro atoms. The number of aliphatic hydroxyl groups excluding tert-OH is 1. The van der Waals surface area contributed by atoms with Gasteiger partial charge in [-0.1, -0.05) is 12.1 Å². The van der Waals surface area contributed by atoms with E-state index in [1.54, 1.807) is 23.9 Å². The molecule has 0 saturated carbocycles. The number of nitrogens with one attached hydrogen (secondary N) is 1. The van der Waals surface area contributed by atoms with Gasteiger partial charge >= 0.3 is 0 Å². The smallest absolute Gasteiger partial charge is 0.240 e. The molecule has 1 heterocycles. The van der Waals surface area contributed by atoms with Gasteiger partial charge in [0, 0.05) is 11.8 Å². The van der Waals surface area contributed by atoms with Crippen LogP contribution in [-0.4, -0.2) is 31.1 Å². The summed E-state index contributed by atoms with van der Waals surface area (Å²) in [5, 5.41) is 8.89. The molecule has 1 aliphatic rings. The SMILES string of the molecule is O=S(=O)(NC1CCSC1)c1ccc(CO)cc1. The summed E-state index contributed by atoms with van der Waals surface area (Å²) in [6.45, 7) is -0.0764. The molecule has 1 atom stereocenters. The molecule has 1 unspecified atom stereocenters. The molecule has 6 heteroatoms. The van der Waals surface area contributed by atoms with Crippen LogP contribution in [-0.2, 0) is 16.6 Å². The highest BCUT2D eigenvalue weighted by Crippen LogP contribution is 2.19. The second-order valence-corrected chi connectivity index (χ2v) is 6.85. The number of sulfonamides is 1. The molecule has 1 saturated heterocycles. The van der Waals surface area contributed by atoms with Gasteiger partial charge in [0.2, 0.25) is 10.0 Å². The highest BCUT2D eigenvalue weighted by Gasteiger charge is 2.22.